The standard InChI is InChI=1S/C52H96NO7P/c1-6-8-10-12-14-16-18-20-22-24-26-28-30-32-34-36-38-40-42-44-47-57-49-51(50-59-61(55,56)58-48-46-53(3,4)5)60-52(54)45-43-41-39-37-35-33-31-29-27-25-23-21-19-17-15-13-11-9-7-2/h14-17,20-23,27,29,51H,6-13,18-19,24-26,28,30-50H2,1-5H3/p+1/b16-14-,17-15-,22-20-,23-21-,29-27-. The minimum absolute atomic E-state index is 0.0830. The Morgan fingerprint density at radius 3 is 1.34 bits per heavy atom. The lowest BCUT2D eigenvalue weighted by molar-refractivity contribution is -0.870. The summed E-state index contributed by atoms with van der Waals surface area (Å²) in [5.41, 5.74) is 0. The van der Waals surface area contributed by atoms with Crippen LogP contribution in [0.2, 0.25) is 0 Å². The maximum absolute atomic E-state index is 12.7. The number of nitrogens with zero attached hydrogens (tertiary/aromatic N) is 1. The second-order valence-electron chi connectivity index (χ2n) is 17.8. The van der Waals surface area contributed by atoms with Gasteiger partial charge in [-0.3, -0.25) is 13.8 Å². The Hall–Kier alpha value is -1.80. The van der Waals surface area contributed by atoms with E-state index in [-0.39, 0.29) is 25.8 Å². The number of hydrogen-bond donors (Lipinski definition) is 1. The van der Waals surface area contributed by atoms with Gasteiger partial charge in [0.2, 0.25) is 0 Å². The van der Waals surface area contributed by atoms with Crippen LogP contribution in [0.4, 0.5) is 0 Å². The molecule has 61 heavy (non-hydrogen) atoms. The molecular weight excluding hydrogens is 782 g/mol. The second kappa shape index (κ2) is 44.8. The van der Waals surface area contributed by atoms with E-state index in [4.69, 9.17) is 18.5 Å². The lowest BCUT2D eigenvalue weighted by Gasteiger charge is -2.24. The van der Waals surface area contributed by atoms with Gasteiger partial charge >= 0.3 is 13.8 Å². The van der Waals surface area contributed by atoms with Crippen LogP contribution in [-0.4, -0.2) is 75.6 Å². The number of allylic oxidation sites excluding steroid dienone is 10. The maximum atomic E-state index is 12.7. The summed E-state index contributed by atoms with van der Waals surface area (Å²) in [7, 11) is 1.65. The Morgan fingerprint density at radius 2 is 0.902 bits per heavy atom. The number of likely N-dealkylation sites (N-methyl/N-ethyl adjacent to an activating group) is 1. The van der Waals surface area contributed by atoms with Gasteiger partial charge in [0.05, 0.1) is 34.4 Å². The number of rotatable bonds is 46. The van der Waals surface area contributed by atoms with Crippen LogP contribution >= 0.6 is 7.82 Å². The van der Waals surface area contributed by atoms with Crippen LogP contribution in [0.15, 0.2) is 60.8 Å². The molecule has 0 aromatic rings. The normalized spacial score (nSPS) is 14.1. The van der Waals surface area contributed by atoms with Gasteiger partial charge < -0.3 is 18.9 Å². The molecule has 8 nitrogen and oxygen atoms in total. The summed E-state index contributed by atoms with van der Waals surface area (Å²) in [6.07, 6.45) is 56.8. The van der Waals surface area contributed by atoms with Gasteiger partial charge in [-0.2, -0.15) is 0 Å². The van der Waals surface area contributed by atoms with Crippen molar-refractivity contribution in [3.63, 3.8) is 0 Å². The van der Waals surface area contributed by atoms with Gasteiger partial charge in [-0.1, -0.05) is 177 Å². The Morgan fingerprint density at radius 1 is 0.508 bits per heavy atom. The minimum Gasteiger partial charge on any atom is -0.457 e. The molecule has 0 radical (unpaired) electrons. The van der Waals surface area contributed by atoms with Gasteiger partial charge in [-0.05, 0) is 83.5 Å². The molecule has 356 valence electrons. The van der Waals surface area contributed by atoms with Gasteiger partial charge in [0, 0.05) is 13.0 Å². The molecule has 0 bridgehead atoms. The molecule has 0 saturated heterocycles. The maximum Gasteiger partial charge on any atom is 0.472 e. The third-order valence-electron chi connectivity index (χ3n) is 10.6. The van der Waals surface area contributed by atoms with Gasteiger partial charge in [-0.15, -0.1) is 0 Å². The molecule has 0 aromatic carbocycles. The zero-order valence-electron chi connectivity index (χ0n) is 40.4. The zero-order valence-corrected chi connectivity index (χ0v) is 41.3. The monoisotopic (exact) mass is 879 g/mol. The van der Waals surface area contributed by atoms with Crippen molar-refractivity contribution in [1.82, 2.24) is 0 Å². The average molecular weight is 879 g/mol. The van der Waals surface area contributed by atoms with Crippen LogP contribution in [-0.2, 0) is 27.9 Å². The van der Waals surface area contributed by atoms with E-state index < -0.39 is 13.9 Å². The molecule has 0 aliphatic heterocycles. The highest BCUT2D eigenvalue weighted by Gasteiger charge is 2.26. The summed E-state index contributed by atoms with van der Waals surface area (Å²) in [6, 6.07) is 0. The van der Waals surface area contributed by atoms with Gasteiger partial charge in [0.1, 0.15) is 19.3 Å². The molecule has 0 amide bonds. The van der Waals surface area contributed by atoms with Gasteiger partial charge in [0.25, 0.3) is 0 Å². The smallest absolute Gasteiger partial charge is 0.457 e. The van der Waals surface area contributed by atoms with Crippen LogP contribution < -0.4 is 0 Å². The first-order chi connectivity index (χ1) is 29.6. The van der Waals surface area contributed by atoms with Crippen LogP contribution in [0, 0.1) is 0 Å². The first kappa shape index (κ1) is 59.2. The number of unbranched alkanes of at least 4 members (excludes halogenated alkanes) is 22. The topological polar surface area (TPSA) is 91.3 Å². The minimum atomic E-state index is -4.29. The fraction of sp³-hybridized carbons (Fsp3) is 0.788. The summed E-state index contributed by atoms with van der Waals surface area (Å²) < 4.78 is 35.1. The summed E-state index contributed by atoms with van der Waals surface area (Å²) in [5.74, 6) is -0.327. The molecule has 0 aliphatic carbocycles. The number of hydrogen-bond acceptors (Lipinski definition) is 6. The Bertz CT molecular complexity index is 1160. The molecule has 0 saturated carbocycles. The van der Waals surface area contributed by atoms with Crippen molar-refractivity contribution in [2.24, 2.45) is 0 Å². The molecule has 0 rings (SSSR count). The van der Waals surface area contributed by atoms with E-state index in [1.165, 1.54) is 122 Å². The highest BCUT2D eigenvalue weighted by molar-refractivity contribution is 7.47. The van der Waals surface area contributed by atoms with Crippen molar-refractivity contribution < 1.29 is 37.3 Å². The zero-order chi connectivity index (χ0) is 44.8. The van der Waals surface area contributed by atoms with Crippen molar-refractivity contribution in [3.05, 3.63) is 60.8 Å². The number of phosphoric ester groups is 1. The molecule has 2 unspecified atom stereocenters. The van der Waals surface area contributed by atoms with Crippen LogP contribution in [0.5, 0.6) is 0 Å². The third kappa shape index (κ3) is 49.1. The van der Waals surface area contributed by atoms with Crippen molar-refractivity contribution in [2.75, 3.05) is 54.1 Å². The first-order valence-electron chi connectivity index (χ1n) is 25.0. The summed E-state index contributed by atoms with van der Waals surface area (Å²) in [6.45, 7) is 5.55. The molecule has 0 heterocycles. The quantitative estimate of drug-likeness (QED) is 0.0214. The molecule has 0 fully saturated rings. The lowest BCUT2D eigenvalue weighted by atomic mass is 10.1. The van der Waals surface area contributed by atoms with Crippen molar-refractivity contribution in [1.29, 1.82) is 0 Å². The summed E-state index contributed by atoms with van der Waals surface area (Å²) >= 11 is 0. The fourth-order valence-electron chi connectivity index (χ4n) is 6.65. The highest BCUT2D eigenvalue weighted by Crippen LogP contribution is 2.43. The number of carbonyl (C=O) groups excluding carboxylic acids is 1. The van der Waals surface area contributed by atoms with Crippen molar-refractivity contribution >= 4 is 13.8 Å². The summed E-state index contributed by atoms with van der Waals surface area (Å²) in [4.78, 5) is 23.0. The van der Waals surface area contributed by atoms with E-state index in [9.17, 15) is 14.3 Å². The van der Waals surface area contributed by atoms with E-state index in [0.717, 1.165) is 64.2 Å². The highest BCUT2D eigenvalue weighted by atomic mass is 31.2. The van der Waals surface area contributed by atoms with E-state index >= 15 is 0 Å². The average Bonchev–Trinajstić information content (AvgIpc) is 3.22. The van der Waals surface area contributed by atoms with Gasteiger partial charge in [0.15, 0.2) is 0 Å². The third-order valence-corrected chi connectivity index (χ3v) is 11.5. The van der Waals surface area contributed by atoms with Crippen molar-refractivity contribution in [3.8, 4) is 0 Å². The van der Waals surface area contributed by atoms with E-state index in [0.29, 0.717) is 24.1 Å². The van der Waals surface area contributed by atoms with E-state index in [2.05, 4.69) is 74.6 Å². The predicted octanol–water partition coefficient (Wildman–Crippen LogP) is 15.3. The fourth-order valence-corrected chi connectivity index (χ4v) is 7.39. The molecule has 1 N–H and O–H groups in total. The Balaban J connectivity index is 4.20. The molecule has 0 aromatic heterocycles. The molecular formula is C52H97NO7P+. The summed E-state index contributed by atoms with van der Waals surface area (Å²) in [5, 5.41) is 0. The van der Waals surface area contributed by atoms with Crippen LogP contribution in [0.1, 0.15) is 206 Å². The van der Waals surface area contributed by atoms with E-state index in [1.807, 2.05) is 21.1 Å². The Kier molecular flexibility index (Phi) is 43.5. The number of carbonyl (C=O) groups is 1. The number of phosphoric acid groups is 1. The molecule has 0 spiro atoms. The molecule has 0 aliphatic rings. The number of esters is 1. The molecule has 9 heteroatoms. The predicted molar refractivity (Wildman–Crippen MR) is 261 cm³/mol. The van der Waals surface area contributed by atoms with Gasteiger partial charge in [-0.25, -0.2) is 4.57 Å². The number of quaternary nitrogens is 1. The van der Waals surface area contributed by atoms with Crippen LogP contribution in [0.3, 0.4) is 0 Å². The second-order valence-corrected chi connectivity index (χ2v) is 19.3. The molecule has 2 atom stereocenters. The first-order valence-corrected chi connectivity index (χ1v) is 26.5. The largest absolute Gasteiger partial charge is 0.472 e. The lowest BCUT2D eigenvalue weighted by Crippen LogP contribution is -2.37. The number of ether oxygens (including phenoxy) is 2. The van der Waals surface area contributed by atoms with Crippen molar-refractivity contribution in [2.45, 2.75) is 213 Å². The van der Waals surface area contributed by atoms with Crippen LogP contribution in [0.25, 0.3) is 0 Å². The Labute approximate surface area is 377 Å². The SMILES string of the molecule is CCCCC/C=C\C/C=C\C/C=C\CCCCCCCCC(=O)OC(COCCCCCCCCCCCC/C=C\C/C=C\CCCCC)COP(=O)(O)OCC[N+](C)(C)C. The van der Waals surface area contributed by atoms with E-state index in [1.54, 1.807) is 0 Å².